The summed E-state index contributed by atoms with van der Waals surface area (Å²) in [4.78, 5) is 54.8. The van der Waals surface area contributed by atoms with Gasteiger partial charge in [-0.25, -0.2) is 4.79 Å². The number of carboxylic acid groups (broad SMARTS) is 1. The predicted molar refractivity (Wildman–Crippen MR) is 54.6 cm³/mol. The number of hydrogen-bond acceptors (Lipinski definition) is 8. The quantitative estimate of drug-likeness (QED) is 0.146. The molecule has 0 aliphatic rings. The van der Waals surface area contributed by atoms with E-state index in [1.54, 1.807) is 0 Å². The van der Waals surface area contributed by atoms with Gasteiger partial charge in [-0.15, -0.1) is 0 Å². The molecule has 0 rings (SSSR count). The van der Waals surface area contributed by atoms with Gasteiger partial charge in [0.2, 0.25) is 15.1 Å². The standard InChI is InChI=1S/C2HNO2.2CH5O3P/c3-1-2(4)5;2*1-5(2,3)4/h(H,4,5);2*2-4H,1H2. The van der Waals surface area contributed by atoms with Crippen LogP contribution in [-0.4, -0.2) is 53.0 Å². The fraction of sp³-hybridized carbons (Fsp3) is 0. The molecule has 0 unspecified atom stereocenters. The van der Waals surface area contributed by atoms with E-state index in [1.165, 1.54) is 0 Å². The first-order chi connectivity index (χ1) is 6.27. The van der Waals surface area contributed by atoms with Gasteiger partial charge in [0, 0.05) is 0 Å². The van der Waals surface area contributed by atoms with Gasteiger partial charge < -0.3 is 34.5 Å². The van der Waals surface area contributed by atoms with Crippen LogP contribution in [0.15, 0.2) is 0 Å². The number of nitrogens with zero attached hydrogens (tertiary/aromatic N) is 1. The third-order valence-electron chi connectivity index (χ3n) is 0.0956. The largest absolute Gasteiger partial charge is 0.470 e. The molecule has 0 saturated heterocycles. The van der Waals surface area contributed by atoms with Gasteiger partial charge in [0.05, 0.1) is 0 Å². The van der Waals surface area contributed by atoms with Crippen LogP contribution in [0.2, 0.25) is 0 Å². The van der Waals surface area contributed by atoms with E-state index in [1.807, 2.05) is 0 Å². The SMILES string of the molecule is C=P(O)(O)O.C=P(O)(O)O.N#CC(=O)O. The van der Waals surface area contributed by atoms with Crippen LogP contribution >= 0.6 is 15.1 Å². The number of rotatable bonds is 0. The fourth-order valence-corrected chi connectivity index (χ4v) is 0. The Morgan fingerprint density at radius 2 is 1.07 bits per heavy atom. The Hall–Kier alpha value is -0.680. The first kappa shape index (κ1) is 19.8. The number of hydrogen-bond donors (Lipinski definition) is 7. The summed E-state index contributed by atoms with van der Waals surface area (Å²) in [6.45, 7) is 0. The van der Waals surface area contributed by atoms with Crippen molar-refractivity contribution in [1.29, 1.82) is 5.26 Å². The van der Waals surface area contributed by atoms with Crippen LogP contribution < -0.4 is 0 Å². The molecule has 0 aromatic carbocycles. The summed E-state index contributed by atoms with van der Waals surface area (Å²) in [5.41, 5.74) is 0. The molecule has 0 fully saturated rings. The summed E-state index contributed by atoms with van der Waals surface area (Å²) < 4.78 is 0. The van der Waals surface area contributed by atoms with Gasteiger partial charge in [-0.05, 0) is 12.6 Å². The third kappa shape index (κ3) is 980. The van der Waals surface area contributed by atoms with Gasteiger partial charge in [0.15, 0.2) is 6.07 Å². The molecule has 0 amide bonds. The van der Waals surface area contributed by atoms with Gasteiger partial charge in [0.1, 0.15) is 0 Å². The summed E-state index contributed by atoms with van der Waals surface area (Å²) in [5.74, 6) is -1.44. The zero-order chi connectivity index (χ0) is 13.3. The van der Waals surface area contributed by atoms with E-state index in [0.29, 0.717) is 0 Å². The molecule has 9 nitrogen and oxygen atoms in total. The smallest absolute Gasteiger partial charge is 0.408 e. The fourth-order valence-electron chi connectivity index (χ4n) is 0. The molecular formula is C4H11NO8P2. The van der Waals surface area contributed by atoms with Crippen molar-refractivity contribution < 1.29 is 39.3 Å². The second-order valence-corrected chi connectivity index (χ2v) is 4.57. The van der Waals surface area contributed by atoms with Crippen molar-refractivity contribution in [2.24, 2.45) is 0 Å². The lowest BCUT2D eigenvalue weighted by atomic mass is 10.8. The molecule has 0 aliphatic carbocycles. The van der Waals surface area contributed by atoms with Crippen LogP contribution in [0.1, 0.15) is 0 Å². The Labute approximate surface area is 85.2 Å². The van der Waals surface area contributed by atoms with Crippen LogP contribution in [0, 0.1) is 11.3 Å². The summed E-state index contributed by atoms with van der Waals surface area (Å²) in [6.07, 6.45) is 5.10. The molecule has 0 spiro atoms. The van der Waals surface area contributed by atoms with E-state index in [-0.39, 0.29) is 0 Å². The van der Waals surface area contributed by atoms with Gasteiger partial charge >= 0.3 is 5.97 Å². The molecule has 0 radical (unpaired) electrons. The molecule has 0 heterocycles. The Morgan fingerprint density at radius 3 is 1.07 bits per heavy atom. The minimum absolute atomic E-state index is 0.944. The van der Waals surface area contributed by atoms with Crippen molar-refractivity contribution in [2.45, 2.75) is 0 Å². The van der Waals surface area contributed by atoms with Crippen LogP contribution in [0.25, 0.3) is 0 Å². The highest BCUT2D eigenvalue weighted by Gasteiger charge is 1.87. The first-order valence-electron chi connectivity index (χ1n) is 2.73. The number of aliphatic carboxylic acids is 1. The molecule has 11 heteroatoms. The molecule has 90 valence electrons. The number of carboxylic acids is 1. The molecular weight excluding hydrogens is 252 g/mol. The monoisotopic (exact) mass is 263 g/mol. The average Bonchev–Trinajstić information content (AvgIpc) is 1.79. The molecule has 0 atom stereocenters. The second kappa shape index (κ2) is 8.61. The van der Waals surface area contributed by atoms with Crippen LogP contribution in [0.5, 0.6) is 0 Å². The highest BCUT2D eigenvalue weighted by atomic mass is 31.2. The summed E-state index contributed by atoms with van der Waals surface area (Å²) >= 11 is 0. The van der Waals surface area contributed by atoms with E-state index in [9.17, 15) is 0 Å². The minimum atomic E-state index is -3.64. The lowest BCUT2D eigenvalue weighted by Gasteiger charge is -1.92. The Morgan fingerprint density at radius 1 is 1.00 bits per heavy atom. The third-order valence-corrected chi connectivity index (χ3v) is 0.0956. The van der Waals surface area contributed by atoms with E-state index in [2.05, 4.69) is 12.6 Å². The molecule has 0 aliphatic heterocycles. The van der Waals surface area contributed by atoms with Gasteiger partial charge in [-0.3, -0.25) is 0 Å². The highest BCUT2D eigenvalue weighted by molar-refractivity contribution is 7.56. The van der Waals surface area contributed by atoms with Crippen molar-refractivity contribution in [1.82, 2.24) is 0 Å². The lowest BCUT2D eigenvalue weighted by Crippen LogP contribution is -1.83. The Bertz CT molecular complexity index is 271. The van der Waals surface area contributed by atoms with Gasteiger partial charge in [-0.2, -0.15) is 5.26 Å². The minimum Gasteiger partial charge on any atom is -0.470 e. The predicted octanol–water partition coefficient (Wildman–Crippen LogP) is -2.09. The maximum atomic E-state index is 9.01. The average molecular weight is 263 g/mol. The molecule has 0 saturated carbocycles. The van der Waals surface area contributed by atoms with Crippen molar-refractivity contribution in [2.75, 3.05) is 0 Å². The second-order valence-electron chi connectivity index (χ2n) is 1.80. The van der Waals surface area contributed by atoms with Crippen LogP contribution in [0.4, 0.5) is 0 Å². The normalized spacial score (nSPS) is 9.67. The first-order valence-corrected chi connectivity index (χ1v) is 6.40. The summed E-state index contributed by atoms with van der Waals surface area (Å²) in [5, 5.41) is 14.7. The summed E-state index contributed by atoms with van der Waals surface area (Å²) in [7, 11) is -7.28. The van der Waals surface area contributed by atoms with Crippen LogP contribution in [-0.2, 0) is 4.79 Å². The zero-order valence-electron chi connectivity index (χ0n) is 7.29. The zero-order valence-corrected chi connectivity index (χ0v) is 9.08. The molecule has 0 bridgehead atoms. The number of carbonyl (C=O) groups is 1. The highest BCUT2D eigenvalue weighted by Crippen LogP contribution is 2.25. The maximum Gasteiger partial charge on any atom is 0.408 e. The topological polar surface area (TPSA) is 182 Å². The van der Waals surface area contributed by atoms with Gasteiger partial charge in [-0.1, -0.05) is 0 Å². The van der Waals surface area contributed by atoms with Crippen molar-refractivity contribution in [3.05, 3.63) is 0 Å². The number of nitriles is 1. The molecule has 0 aromatic heterocycles. The molecule has 0 aromatic rings. The summed E-state index contributed by atoms with van der Waals surface area (Å²) in [6, 6.07) is 0.944. The maximum absolute atomic E-state index is 9.01. The lowest BCUT2D eigenvalue weighted by molar-refractivity contribution is -0.130. The van der Waals surface area contributed by atoms with E-state index in [4.69, 9.17) is 44.5 Å². The van der Waals surface area contributed by atoms with Crippen molar-refractivity contribution in [3.8, 4) is 6.07 Å². The van der Waals surface area contributed by atoms with E-state index < -0.39 is 21.1 Å². The Kier molecular flexibility index (Phi) is 11.4. The Balaban J connectivity index is -0.000000144. The van der Waals surface area contributed by atoms with Crippen LogP contribution in [0.3, 0.4) is 0 Å². The molecule has 7 N–H and O–H groups in total. The van der Waals surface area contributed by atoms with Crippen molar-refractivity contribution >= 4 is 33.7 Å². The van der Waals surface area contributed by atoms with E-state index >= 15 is 0 Å². The van der Waals surface area contributed by atoms with Crippen molar-refractivity contribution in [3.63, 3.8) is 0 Å². The molecule has 15 heavy (non-hydrogen) atoms. The van der Waals surface area contributed by atoms with E-state index in [0.717, 1.165) is 6.07 Å². The van der Waals surface area contributed by atoms with Gasteiger partial charge in [0.25, 0.3) is 0 Å².